The van der Waals surface area contributed by atoms with Crippen LogP contribution in [0.3, 0.4) is 0 Å². The second-order valence-electron chi connectivity index (χ2n) is 3.58. The third-order valence-electron chi connectivity index (χ3n) is 2.40. The third kappa shape index (κ3) is 2.78. The lowest BCUT2D eigenvalue weighted by atomic mass is 10.2. The Kier molecular flexibility index (Phi) is 4.02. The summed E-state index contributed by atoms with van der Waals surface area (Å²) >= 11 is 7.89. The highest BCUT2D eigenvalue weighted by Crippen LogP contribution is 2.42. The average molecular weight is 383 g/mol. The Bertz CT molecular complexity index is 469. The standard InChI is InChI=1S/C10H9Br2NO3S/c11-4-1-5(8(14)6(12)2-4)9-13-3-7(17-9)10(15)16/h1-2,7,9,13-14H,3H2,(H,15,16)/t7-,9-/m1/s1. The van der Waals surface area contributed by atoms with E-state index in [4.69, 9.17) is 5.11 Å². The summed E-state index contributed by atoms with van der Waals surface area (Å²) in [4.78, 5) is 10.9. The van der Waals surface area contributed by atoms with Crippen LogP contribution in [0, 0.1) is 0 Å². The predicted octanol–water partition coefficient (Wildman–Crippen LogP) is 2.71. The maximum absolute atomic E-state index is 10.9. The molecular weight excluding hydrogens is 374 g/mol. The zero-order valence-electron chi connectivity index (χ0n) is 8.48. The number of carboxylic acids is 1. The number of nitrogens with one attached hydrogen (secondary N) is 1. The van der Waals surface area contributed by atoms with E-state index in [1.54, 1.807) is 12.1 Å². The Morgan fingerprint density at radius 3 is 2.76 bits per heavy atom. The number of aromatic hydroxyl groups is 1. The van der Waals surface area contributed by atoms with Gasteiger partial charge in [0.1, 0.15) is 11.0 Å². The van der Waals surface area contributed by atoms with E-state index in [0.29, 0.717) is 16.6 Å². The van der Waals surface area contributed by atoms with Gasteiger partial charge in [-0.25, -0.2) is 0 Å². The molecule has 1 aliphatic heterocycles. The second kappa shape index (κ2) is 5.17. The van der Waals surface area contributed by atoms with Gasteiger partial charge in [-0.2, -0.15) is 0 Å². The van der Waals surface area contributed by atoms with Crippen molar-refractivity contribution in [3.05, 3.63) is 26.6 Å². The quantitative estimate of drug-likeness (QED) is 0.733. The number of hydrogen-bond acceptors (Lipinski definition) is 4. The molecule has 0 amide bonds. The van der Waals surface area contributed by atoms with Crippen LogP contribution in [0.15, 0.2) is 21.1 Å². The molecule has 1 aromatic carbocycles. The van der Waals surface area contributed by atoms with E-state index in [0.717, 1.165) is 4.47 Å². The molecule has 1 fully saturated rings. The lowest BCUT2D eigenvalue weighted by Crippen LogP contribution is -2.21. The molecule has 0 unspecified atom stereocenters. The summed E-state index contributed by atoms with van der Waals surface area (Å²) in [6.45, 7) is 0.397. The van der Waals surface area contributed by atoms with E-state index in [1.807, 2.05) is 0 Å². The van der Waals surface area contributed by atoms with Crippen molar-refractivity contribution in [2.45, 2.75) is 10.6 Å². The van der Waals surface area contributed by atoms with Gasteiger partial charge in [-0.1, -0.05) is 15.9 Å². The number of rotatable bonds is 2. The highest BCUT2D eigenvalue weighted by molar-refractivity contribution is 9.11. The number of thioether (sulfide) groups is 1. The van der Waals surface area contributed by atoms with Crippen molar-refractivity contribution in [2.24, 2.45) is 0 Å². The largest absolute Gasteiger partial charge is 0.506 e. The van der Waals surface area contributed by atoms with Crippen molar-refractivity contribution in [3.8, 4) is 5.75 Å². The van der Waals surface area contributed by atoms with Gasteiger partial charge >= 0.3 is 5.97 Å². The monoisotopic (exact) mass is 381 g/mol. The Balaban J connectivity index is 2.27. The van der Waals surface area contributed by atoms with Crippen LogP contribution >= 0.6 is 43.6 Å². The second-order valence-corrected chi connectivity index (χ2v) is 6.66. The highest BCUT2D eigenvalue weighted by atomic mass is 79.9. The third-order valence-corrected chi connectivity index (χ3v) is 4.86. The molecule has 1 aromatic rings. The fourth-order valence-corrected chi connectivity index (χ4v) is 4.00. The molecule has 92 valence electrons. The Hall–Kier alpha value is -0.240. The molecule has 1 heterocycles. The number of carboxylic acid groups (broad SMARTS) is 1. The number of aliphatic carboxylic acids is 1. The fourth-order valence-electron chi connectivity index (χ4n) is 1.59. The summed E-state index contributed by atoms with van der Waals surface area (Å²) in [6.07, 6.45) is 0. The summed E-state index contributed by atoms with van der Waals surface area (Å²) in [6, 6.07) is 3.53. The van der Waals surface area contributed by atoms with Gasteiger partial charge < -0.3 is 10.2 Å². The van der Waals surface area contributed by atoms with Gasteiger partial charge in [-0.05, 0) is 28.1 Å². The average Bonchev–Trinajstić information content (AvgIpc) is 2.72. The normalized spacial score (nSPS) is 23.9. The van der Waals surface area contributed by atoms with E-state index in [1.165, 1.54) is 11.8 Å². The molecule has 0 bridgehead atoms. The maximum atomic E-state index is 10.9. The van der Waals surface area contributed by atoms with E-state index in [-0.39, 0.29) is 11.1 Å². The van der Waals surface area contributed by atoms with Crippen LogP contribution in [-0.4, -0.2) is 28.0 Å². The van der Waals surface area contributed by atoms with Gasteiger partial charge in [0.25, 0.3) is 0 Å². The summed E-state index contributed by atoms with van der Waals surface area (Å²) in [5.74, 6) is -0.692. The minimum Gasteiger partial charge on any atom is -0.506 e. The zero-order valence-corrected chi connectivity index (χ0v) is 12.5. The molecule has 4 nitrogen and oxygen atoms in total. The number of phenolic OH excluding ortho intramolecular Hbond substituents is 1. The minimum absolute atomic E-state index is 0.143. The van der Waals surface area contributed by atoms with Crippen molar-refractivity contribution in [1.29, 1.82) is 0 Å². The van der Waals surface area contributed by atoms with Gasteiger partial charge in [-0.3, -0.25) is 10.1 Å². The van der Waals surface area contributed by atoms with E-state index in [9.17, 15) is 9.90 Å². The molecule has 0 aliphatic carbocycles. The summed E-state index contributed by atoms with van der Waals surface area (Å²) in [7, 11) is 0. The molecule has 2 atom stereocenters. The first-order valence-corrected chi connectivity index (χ1v) is 7.31. The number of phenols is 1. The number of carbonyl (C=O) groups is 1. The van der Waals surface area contributed by atoms with Gasteiger partial charge in [-0.15, -0.1) is 11.8 Å². The van der Waals surface area contributed by atoms with E-state index < -0.39 is 11.2 Å². The molecule has 2 rings (SSSR count). The summed E-state index contributed by atoms with van der Waals surface area (Å²) in [5.41, 5.74) is 0.681. The lowest BCUT2D eigenvalue weighted by molar-refractivity contribution is -0.136. The van der Waals surface area contributed by atoms with Crippen LogP contribution in [0.5, 0.6) is 5.75 Å². The first kappa shape index (κ1) is 13.2. The van der Waals surface area contributed by atoms with E-state index in [2.05, 4.69) is 37.2 Å². The first-order valence-electron chi connectivity index (χ1n) is 4.78. The molecule has 7 heteroatoms. The number of halogens is 2. The minimum atomic E-state index is -0.835. The van der Waals surface area contributed by atoms with Crippen molar-refractivity contribution < 1.29 is 15.0 Å². The lowest BCUT2D eigenvalue weighted by Gasteiger charge is -2.13. The van der Waals surface area contributed by atoms with E-state index >= 15 is 0 Å². The van der Waals surface area contributed by atoms with Gasteiger partial charge in [0.05, 0.1) is 9.85 Å². The summed E-state index contributed by atoms with van der Waals surface area (Å²) in [5, 5.41) is 21.3. The molecule has 0 spiro atoms. The van der Waals surface area contributed by atoms with Gasteiger partial charge in [0, 0.05) is 16.6 Å². The molecular formula is C10H9Br2NO3S. The molecule has 0 aromatic heterocycles. The van der Waals surface area contributed by atoms with Gasteiger partial charge in [0.15, 0.2) is 0 Å². The first-order chi connectivity index (χ1) is 7.99. The van der Waals surface area contributed by atoms with Crippen LogP contribution in [0.25, 0.3) is 0 Å². The predicted molar refractivity (Wildman–Crippen MR) is 73.3 cm³/mol. The molecule has 0 saturated carbocycles. The SMILES string of the molecule is O=C(O)[C@H]1CN[C@@H](c2cc(Br)cc(Br)c2O)S1. The fraction of sp³-hybridized carbons (Fsp3) is 0.300. The molecule has 1 saturated heterocycles. The number of benzene rings is 1. The van der Waals surface area contributed by atoms with Crippen molar-refractivity contribution in [2.75, 3.05) is 6.54 Å². The molecule has 1 aliphatic rings. The van der Waals surface area contributed by atoms with Gasteiger partial charge in [0.2, 0.25) is 0 Å². The van der Waals surface area contributed by atoms with Crippen molar-refractivity contribution in [1.82, 2.24) is 5.32 Å². The van der Waals surface area contributed by atoms with Crippen LogP contribution in [0.4, 0.5) is 0 Å². The van der Waals surface area contributed by atoms with Crippen molar-refractivity contribution in [3.63, 3.8) is 0 Å². The molecule has 0 radical (unpaired) electrons. The van der Waals surface area contributed by atoms with Crippen LogP contribution in [0.1, 0.15) is 10.9 Å². The number of hydrogen-bond donors (Lipinski definition) is 3. The Morgan fingerprint density at radius 2 is 2.18 bits per heavy atom. The maximum Gasteiger partial charge on any atom is 0.318 e. The summed E-state index contributed by atoms with van der Waals surface area (Å²) < 4.78 is 1.42. The Morgan fingerprint density at radius 1 is 1.47 bits per heavy atom. The van der Waals surface area contributed by atoms with Crippen molar-refractivity contribution >= 4 is 49.6 Å². The zero-order chi connectivity index (χ0) is 12.6. The highest BCUT2D eigenvalue weighted by Gasteiger charge is 2.32. The molecule has 3 N–H and O–H groups in total. The van der Waals surface area contributed by atoms with Crippen LogP contribution in [-0.2, 0) is 4.79 Å². The smallest absolute Gasteiger partial charge is 0.318 e. The Labute approximate surface area is 119 Å². The molecule has 17 heavy (non-hydrogen) atoms. The van der Waals surface area contributed by atoms with Crippen LogP contribution in [0.2, 0.25) is 0 Å². The van der Waals surface area contributed by atoms with Crippen LogP contribution < -0.4 is 5.32 Å². The topological polar surface area (TPSA) is 69.6 Å².